The Kier molecular flexibility index (Phi) is 3.38. The molecule has 0 aliphatic carbocycles. The van der Waals surface area contributed by atoms with E-state index < -0.39 is 0 Å². The fourth-order valence-corrected chi connectivity index (χ4v) is 3.92. The van der Waals surface area contributed by atoms with Crippen LogP contribution >= 0.6 is 22.9 Å². The number of nitrogens with zero attached hydrogens (tertiary/aromatic N) is 2. The van der Waals surface area contributed by atoms with Gasteiger partial charge in [-0.1, -0.05) is 41.9 Å². The fourth-order valence-electron chi connectivity index (χ4n) is 2.49. The van der Waals surface area contributed by atoms with E-state index in [1.54, 1.807) is 17.4 Å². The Morgan fingerprint density at radius 2 is 1.96 bits per heavy atom. The molecular weight excluding hydrogens is 326 g/mol. The zero-order chi connectivity index (χ0) is 15.8. The molecule has 0 spiro atoms. The number of thiophene rings is 1. The van der Waals surface area contributed by atoms with E-state index in [0.717, 1.165) is 26.0 Å². The van der Waals surface area contributed by atoms with Gasteiger partial charge >= 0.3 is 0 Å². The smallest absolute Gasteiger partial charge is 0.149 e. The number of benzene rings is 2. The van der Waals surface area contributed by atoms with E-state index in [9.17, 15) is 5.26 Å². The summed E-state index contributed by atoms with van der Waals surface area (Å²) in [6, 6.07) is 17.9. The molecule has 4 rings (SSSR count). The number of rotatable bonds is 2. The minimum Gasteiger partial charge on any atom is -0.337 e. The molecule has 4 aromatic rings. The predicted octanol–water partition coefficient (Wildman–Crippen LogP) is 5.50. The summed E-state index contributed by atoms with van der Waals surface area (Å²) in [5.41, 5.74) is 2.21. The van der Waals surface area contributed by atoms with Gasteiger partial charge in [0.15, 0.2) is 0 Å². The minimum atomic E-state index is 0.467. The van der Waals surface area contributed by atoms with Crippen LogP contribution in [0.15, 0.2) is 48.5 Å². The fraction of sp³-hybridized carbons (Fsp3) is 0. The number of H-pyrrole nitrogens is 1. The van der Waals surface area contributed by atoms with Crippen LogP contribution in [0, 0.1) is 11.3 Å². The zero-order valence-electron chi connectivity index (χ0n) is 11.9. The monoisotopic (exact) mass is 335 g/mol. The van der Waals surface area contributed by atoms with Crippen molar-refractivity contribution in [1.82, 2.24) is 9.97 Å². The Balaban J connectivity index is 1.86. The lowest BCUT2D eigenvalue weighted by Crippen LogP contribution is -1.84. The number of imidazole rings is 1. The van der Waals surface area contributed by atoms with Gasteiger partial charge in [-0.05, 0) is 24.3 Å². The first-order valence-electron chi connectivity index (χ1n) is 7.00. The Morgan fingerprint density at radius 1 is 1.17 bits per heavy atom. The van der Waals surface area contributed by atoms with E-state index in [1.807, 2.05) is 48.5 Å². The van der Waals surface area contributed by atoms with Gasteiger partial charge in [0.25, 0.3) is 0 Å². The largest absolute Gasteiger partial charge is 0.337 e. The third kappa shape index (κ3) is 2.40. The SMILES string of the molecule is N#C/C(=C/c1sc2ccccc2c1Cl)c1nc2ccccc2[nH]1. The van der Waals surface area contributed by atoms with Crippen LogP contribution < -0.4 is 0 Å². The summed E-state index contributed by atoms with van der Waals surface area (Å²) in [5.74, 6) is 0.558. The van der Waals surface area contributed by atoms with Gasteiger partial charge < -0.3 is 4.98 Å². The van der Waals surface area contributed by atoms with Gasteiger partial charge in [0.1, 0.15) is 11.9 Å². The van der Waals surface area contributed by atoms with Gasteiger partial charge in [-0.25, -0.2) is 4.98 Å². The number of fused-ring (bicyclic) bond motifs is 2. The van der Waals surface area contributed by atoms with Crippen LogP contribution in [0.4, 0.5) is 0 Å². The predicted molar refractivity (Wildman–Crippen MR) is 96.4 cm³/mol. The number of aromatic nitrogens is 2. The maximum atomic E-state index is 9.51. The van der Waals surface area contributed by atoms with Gasteiger partial charge in [-0.15, -0.1) is 11.3 Å². The molecule has 0 atom stereocenters. The zero-order valence-corrected chi connectivity index (χ0v) is 13.4. The molecule has 0 saturated carbocycles. The van der Waals surface area contributed by atoms with Crippen LogP contribution in [-0.4, -0.2) is 9.97 Å². The number of halogens is 1. The van der Waals surface area contributed by atoms with E-state index >= 15 is 0 Å². The summed E-state index contributed by atoms with van der Waals surface area (Å²) in [5, 5.41) is 11.2. The van der Waals surface area contributed by atoms with E-state index in [0.29, 0.717) is 16.4 Å². The molecule has 23 heavy (non-hydrogen) atoms. The summed E-state index contributed by atoms with van der Waals surface area (Å²) in [6.45, 7) is 0. The maximum absolute atomic E-state index is 9.51. The molecule has 1 N–H and O–H groups in total. The molecule has 5 heteroatoms. The third-order valence-electron chi connectivity index (χ3n) is 3.60. The molecule has 0 aliphatic rings. The lowest BCUT2D eigenvalue weighted by molar-refractivity contribution is 1.27. The van der Waals surface area contributed by atoms with Crippen LogP contribution in [0.2, 0.25) is 5.02 Å². The standard InChI is InChI=1S/C18H10ClN3S/c19-17-12-5-1-4-8-15(12)23-16(17)9-11(10-20)18-21-13-6-2-3-7-14(13)22-18/h1-9H,(H,21,22)/b11-9-. The second-order valence-corrected chi connectivity index (χ2v) is 6.51. The molecule has 3 nitrogen and oxygen atoms in total. The summed E-state index contributed by atoms with van der Waals surface area (Å²) in [7, 11) is 0. The Hall–Kier alpha value is -2.61. The quantitative estimate of drug-likeness (QED) is 0.492. The molecule has 0 unspecified atom stereocenters. The third-order valence-corrected chi connectivity index (χ3v) is 5.24. The van der Waals surface area contributed by atoms with Crippen molar-refractivity contribution in [2.24, 2.45) is 0 Å². The van der Waals surface area contributed by atoms with Crippen molar-refractivity contribution in [3.05, 3.63) is 64.3 Å². The molecule has 0 amide bonds. The van der Waals surface area contributed by atoms with Crippen molar-refractivity contribution in [2.45, 2.75) is 0 Å². The van der Waals surface area contributed by atoms with E-state index in [1.165, 1.54) is 0 Å². The van der Waals surface area contributed by atoms with E-state index in [4.69, 9.17) is 11.6 Å². The van der Waals surface area contributed by atoms with E-state index in [-0.39, 0.29) is 0 Å². The topological polar surface area (TPSA) is 52.5 Å². The number of nitriles is 1. The Morgan fingerprint density at radius 3 is 2.74 bits per heavy atom. The Labute approximate surface area is 141 Å². The van der Waals surface area contributed by atoms with Gasteiger partial charge in [-0.3, -0.25) is 0 Å². The molecule has 0 aliphatic heterocycles. The van der Waals surface area contributed by atoms with Crippen LogP contribution in [0.3, 0.4) is 0 Å². The second kappa shape index (κ2) is 5.54. The first-order chi connectivity index (χ1) is 11.3. The lowest BCUT2D eigenvalue weighted by Gasteiger charge is -1.93. The first kappa shape index (κ1) is 14.0. The number of nitrogens with one attached hydrogen (secondary N) is 1. The molecule has 0 radical (unpaired) electrons. The molecule has 2 heterocycles. The molecule has 0 bridgehead atoms. The summed E-state index contributed by atoms with van der Waals surface area (Å²) >= 11 is 8.02. The average molecular weight is 336 g/mol. The van der Waals surface area contributed by atoms with Gasteiger partial charge in [0, 0.05) is 15.0 Å². The Bertz CT molecular complexity index is 1070. The minimum absolute atomic E-state index is 0.467. The number of hydrogen-bond acceptors (Lipinski definition) is 3. The molecule has 0 fully saturated rings. The van der Waals surface area contributed by atoms with Crippen LogP contribution in [0.1, 0.15) is 10.7 Å². The number of allylic oxidation sites excluding steroid dienone is 1. The maximum Gasteiger partial charge on any atom is 0.149 e. The molecular formula is C18H10ClN3S. The van der Waals surface area contributed by atoms with Crippen molar-refractivity contribution < 1.29 is 0 Å². The summed E-state index contributed by atoms with van der Waals surface area (Å²) in [4.78, 5) is 8.52. The highest BCUT2D eigenvalue weighted by molar-refractivity contribution is 7.20. The lowest BCUT2D eigenvalue weighted by atomic mass is 10.2. The first-order valence-corrected chi connectivity index (χ1v) is 8.19. The van der Waals surface area contributed by atoms with Crippen molar-refractivity contribution >= 4 is 55.7 Å². The van der Waals surface area contributed by atoms with E-state index in [2.05, 4.69) is 16.0 Å². The van der Waals surface area contributed by atoms with Crippen LogP contribution in [0.5, 0.6) is 0 Å². The van der Waals surface area contributed by atoms with Crippen LogP contribution in [-0.2, 0) is 0 Å². The van der Waals surface area contributed by atoms with Gasteiger partial charge in [-0.2, -0.15) is 5.26 Å². The highest BCUT2D eigenvalue weighted by Crippen LogP contribution is 2.37. The molecule has 2 aromatic heterocycles. The molecule has 110 valence electrons. The molecule has 2 aromatic carbocycles. The normalized spacial score (nSPS) is 11.9. The molecule has 0 saturated heterocycles. The number of aromatic amines is 1. The highest BCUT2D eigenvalue weighted by atomic mass is 35.5. The number of para-hydroxylation sites is 2. The van der Waals surface area contributed by atoms with Crippen molar-refractivity contribution in [3.63, 3.8) is 0 Å². The second-order valence-electron chi connectivity index (χ2n) is 5.05. The van der Waals surface area contributed by atoms with Crippen molar-refractivity contribution in [1.29, 1.82) is 5.26 Å². The van der Waals surface area contributed by atoms with Gasteiger partial charge in [0.05, 0.1) is 21.6 Å². The van der Waals surface area contributed by atoms with Crippen molar-refractivity contribution in [3.8, 4) is 6.07 Å². The van der Waals surface area contributed by atoms with Gasteiger partial charge in [0.2, 0.25) is 0 Å². The summed E-state index contributed by atoms with van der Waals surface area (Å²) < 4.78 is 1.10. The summed E-state index contributed by atoms with van der Waals surface area (Å²) in [6.07, 6.45) is 1.80. The highest BCUT2D eigenvalue weighted by Gasteiger charge is 2.12. The average Bonchev–Trinajstić information content (AvgIpc) is 3.14. The van der Waals surface area contributed by atoms with Crippen LogP contribution in [0.25, 0.3) is 32.8 Å². The van der Waals surface area contributed by atoms with Crippen molar-refractivity contribution in [2.75, 3.05) is 0 Å². The number of hydrogen-bond donors (Lipinski definition) is 1.